The van der Waals surface area contributed by atoms with Gasteiger partial charge in [0.2, 0.25) is 0 Å². The molecule has 2 rings (SSSR count). The van der Waals surface area contributed by atoms with Crippen molar-refractivity contribution >= 4 is 22.0 Å². The average Bonchev–Trinajstić information content (AvgIpc) is 3.12. The Balaban J connectivity index is 2.35. The normalized spacial score (nSPS) is 12.0. The molecule has 0 spiro atoms. The number of methoxy groups -OCH3 is 1. The van der Waals surface area contributed by atoms with E-state index < -0.39 is 38.5 Å². The number of ether oxygens (including phenoxy) is 1. The van der Waals surface area contributed by atoms with Gasteiger partial charge in [-0.15, -0.1) is 6.42 Å². The quantitative estimate of drug-likeness (QED) is 0.404. The van der Waals surface area contributed by atoms with Gasteiger partial charge in [-0.05, 0) is 18.2 Å². The second-order valence-corrected chi connectivity index (χ2v) is 6.49. The number of H-pyrrole nitrogens is 1. The summed E-state index contributed by atoms with van der Waals surface area (Å²) in [4.78, 5) is 30.2. The predicted molar refractivity (Wildman–Crippen MR) is 87.9 cm³/mol. The van der Waals surface area contributed by atoms with E-state index >= 15 is 0 Å². The van der Waals surface area contributed by atoms with Crippen molar-refractivity contribution in [2.75, 3.05) is 7.11 Å². The highest BCUT2D eigenvalue weighted by Gasteiger charge is 2.25. The van der Waals surface area contributed by atoms with Crippen LogP contribution in [0.4, 0.5) is 0 Å². The number of carbonyl (C=O) groups excluding carboxylic acids is 2. The van der Waals surface area contributed by atoms with Gasteiger partial charge in [0, 0.05) is 23.9 Å². The van der Waals surface area contributed by atoms with Crippen molar-refractivity contribution in [3.8, 4) is 12.3 Å². The number of amides is 1. The number of benzene rings is 1. The van der Waals surface area contributed by atoms with E-state index in [1.807, 2.05) is 0 Å². The van der Waals surface area contributed by atoms with Crippen LogP contribution in [0.25, 0.3) is 0 Å². The van der Waals surface area contributed by atoms with Crippen LogP contribution in [-0.4, -0.2) is 48.0 Å². The van der Waals surface area contributed by atoms with Gasteiger partial charge in [-0.3, -0.25) is 4.79 Å². The lowest BCUT2D eigenvalue weighted by atomic mass is 10.1. The molecule has 2 aromatic rings. The molecule has 0 radical (unpaired) electrons. The van der Waals surface area contributed by atoms with Crippen molar-refractivity contribution in [3.63, 3.8) is 0 Å². The van der Waals surface area contributed by atoms with E-state index in [2.05, 4.69) is 25.9 Å². The number of nitrogens with zero attached hydrogens (tertiary/aromatic N) is 1. The molecule has 0 aliphatic heterocycles. The van der Waals surface area contributed by atoms with Crippen molar-refractivity contribution in [2.45, 2.75) is 17.4 Å². The SMILES string of the molecule is C#Cc1ccc(C(=O)N[C@H](Cc2cnc[nH]2)C(=O)OC)c(S(=O)(=O)[O-])c1. The molecule has 0 fully saturated rings. The number of aromatic amines is 1. The van der Waals surface area contributed by atoms with Crippen LogP contribution in [0.1, 0.15) is 21.6 Å². The Morgan fingerprint density at radius 2 is 2.19 bits per heavy atom. The maximum atomic E-state index is 12.5. The van der Waals surface area contributed by atoms with Gasteiger partial charge in [0.1, 0.15) is 16.2 Å². The van der Waals surface area contributed by atoms with Crippen LogP contribution in [0, 0.1) is 12.3 Å². The molecule has 10 heteroatoms. The molecule has 1 aromatic heterocycles. The van der Waals surface area contributed by atoms with E-state index in [0.717, 1.165) is 19.2 Å². The van der Waals surface area contributed by atoms with Gasteiger partial charge in [-0.25, -0.2) is 18.2 Å². The van der Waals surface area contributed by atoms with Gasteiger partial charge < -0.3 is 19.6 Å². The summed E-state index contributed by atoms with van der Waals surface area (Å²) in [5.74, 6) is 0.500. The van der Waals surface area contributed by atoms with Gasteiger partial charge in [0.15, 0.2) is 0 Å². The summed E-state index contributed by atoms with van der Waals surface area (Å²) in [5, 5.41) is 2.36. The van der Waals surface area contributed by atoms with Gasteiger partial charge in [-0.1, -0.05) is 5.92 Å². The Morgan fingerprint density at radius 3 is 2.73 bits per heavy atom. The highest BCUT2D eigenvalue weighted by atomic mass is 32.2. The third-order valence-electron chi connectivity index (χ3n) is 3.43. The number of imidazole rings is 1. The average molecular weight is 376 g/mol. The van der Waals surface area contributed by atoms with Crippen molar-refractivity contribution in [1.29, 1.82) is 0 Å². The number of hydrogen-bond donors (Lipinski definition) is 2. The Kier molecular flexibility index (Phi) is 5.76. The molecule has 136 valence electrons. The maximum Gasteiger partial charge on any atom is 0.328 e. The summed E-state index contributed by atoms with van der Waals surface area (Å²) in [6.45, 7) is 0. The fourth-order valence-corrected chi connectivity index (χ4v) is 2.90. The number of nitrogens with one attached hydrogen (secondary N) is 2. The molecule has 0 aliphatic rings. The first kappa shape index (κ1) is 19.2. The molecule has 1 aromatic carbocycles. The summed E-state index contributed by atoms with van der Waals surface area (Å²) in [5.41, 5.74) is 0.246. The molecule has 0 bridgehead atoms. The van der Waals surface area contributed by atoms with Crippen LogP contribution in [-0.2, 0) is 26.1 Å². The first-order valence-electron chi connectivity index (χ1n) is 7.18. The Hall–Kier alpha value is -3.16. The van der Waals surface area contributed by atoms with E-state index in [-0.39, 0.29) is 12.0 Å². The Labute approximate surface area is 149 Å². The molecule has 0 unspecified atom stereocenters. The van der Waals surface area contributed by atoms with Crippen LogP contribution in [0.5, 0.6) is 0 Å². The number of esters is 1. The number of aromatic nitrogens is 2. The molecule has 1 amide bonds. The number of hydrogen-bond acceptors (Lipinski definition) is 7. The lowest BCUT2D eigenvalue weighted by molar-refractivity contribution is -0.142. The highest BCUT2D eigenvalue weighted by Crippen LogP contribution is 2.18. The summed E-state index contributed by atoms with van der Waals surface area (Å²) in [6.07, 6.45) is 8.06. The van der Waals surface area contributed by atoms with Crippen molar-refractivity contribution < 1.29 is 27.3 Å². The van der Waals surface area contributed by atoms with Crippen LogP contribution >= 0.6 is 0 Å². The monoisotopic (exact) mass is 376 g/mol. The second kappa shape index (κ2) is 7.81. The molecule has 0 saturated carbocycles. The Morgan fingerprint density at radius 1 is 1.46 bits per heavy atom. The van der Waals surface area contributed by atoms with Crippen molar-refractivity contribution in [2.24, 2.45) is 0 Å². The van der Waals surface area contributed by atoms with E-state index in [1.54, 1.807) is 0 Å². The highest BCUT2D eigenvalue weighted by molar-refractivity contribution is 7.85. The standard InChI is InChI=1S/C16H15N3O6S/c1-3-10-4-5-12(14(6-10)26(22,23)24)15(20)19-13(16(21)25-2)7-11-8-17-9-18-11/h1,4-6,8-9,13H,7H2,2H3,(H,17,18)(H,19,20)(H,22,23,24)/p-1/t13-/m1/s1. The fourth-order valence-electron chi connectivity index (χ4n) is 2.19. The minimum atomic E-state index is -4.96. The van der Waals surface area contributed by atoms with Crippen LogP contribution in [0.15, 0.2) is 35.6 Å². The third kappa shape index (κ3) is 4.47. The van der Waals surface area contributed by atoms with E-state index in [0.29, 0.717) is 5.69 Å². The molecule has 0 aliphatic carbocycles. The first-order chi connectivity index (χ1) is 12.3. The zero-order chi connectivity index (χ0) is 19.3. The number of terminal acetylenes is 1. The van der Waals surface area contributed by atoms with Crippen molar-refractivity contribution in [1.82, 2.24) is 15.3 Å². The van der Waals surface area contributed by atoms with Crippen LogP contribution in [0.3, 0.4) is 0 Å². The smallest absolute Gasteiger partial charge is 0.328 e. The second-order valence-electron chi connectivity index (χ2n) is 5.14. The molecule has 0 saturated heterocycles. The lowest BCUT2D eigenvalue weighted by Crippen LogP contribution is -2.43. The fraction of sp³-hybridized carbons (Fsp3) is 0.188. The zero-order valence-electron chi connectivity index (χ0n) is 13.6. The minimum Gasteiger partial charge on any atom is -0.744 e. The van der Waals surface area contributed by atoms with E-state index in [9.17, 15) is 22.6 Å². The Bertz CT molecular complexity index is 960. The molecular weight excluding hydrogens is 362 g/mol. The van der Waals surface area contributed by atoms with Gasteiger partial charge >= 0.3 is 5.97 Å². The first-order valence-corrected chi connectivity index (χ1v) is 8.59. The van der Waals surface area contributed by atoms with Crippen LogP contribution < -0.4 is 5.32 Å². The summed E-state index contributed by atoms with van der Waals surface area (Å²) < 4.78 is 39.0. The van der Waals surface area contributed by atoms with Gasteiger partial charge in [0.05, 0.1) is 23.9 Å². The molecule has 1 atom stereocenters. The largest absolute Gasteiger partial charge is 0.744 e. The van der Waals surface area contributed by atoms with E-state index in [1.165, 1.54) is 18.6 Å². The van der Waals surface area contributed by atoms with Crippen molar-refractivity contribution in [3.05, 3.63) is 47.5 Å². The molecule has 26 heavy (non-hydrogen) atoms. The predicted octanol–water partition coefficient (Wildman–Crippen LogP) is -0.191. The molecular formula is C16H14N3O6S-. The summed E-state index contributed by atoms with van der Waals surface area (Å²) in [6, 6.07) is 2.23. The molecule has 2 N–H and O–H groups in total. The molecule has 1 heterocycles. The molecule has 9 nitrogen and oxygen atoms in total. The zero-order valence-corrected chi connectivity index (χ0v) is 14.4. The van der Waals surface area contributed by atoms with Crippen LogP contribution in [0.2, 0.25) is 0 Å². The topological polar surface area (TPSA) is 141 Å². The summed E-state index contributed by atoms with van der Waals surface area (Å²) in [7, 11) is -3.82. The van der Waals surface area contributed by atoms with E-state index in [4.69, 9.17) is 6.42 Å². The van der Waals surface area contributed by atoms with Gasteiger partial charge in [0.25, 0.3) is 5.91 Å². The lowest BCUT2D eigenvalue weighted by Gasteiger charge is -2.18. The third-order valence-corrected chi connectivity index (χ3v) is 4.31. The number of carbonyl (C=O) groups is 2. The summed E-state index contributed by atoms with van der Waals surface area (Å²) >= 11 is 0. The maximum absolute atomic E-state index is 12.5. The minimum absolute atomic E-state index is 0.0281. The van der Waals surface area contributed by atoms with Gasteiger partial charge in [-0.2, -0.15) is 0 Å². The number of rotatable bonds is 6.